The third kappa shape index (κ3) is 3.44. The maximum absolute atomic E-state index is 13.8. The molecule has 1 aromatic heterocycles. The number of hydrogen-bond donors (Lipinski definition) is 1. The number of carbonyl (C=O) groups excluding carboxylic acids is 1. The van der Waals surface area contributed by atoms with E-state index in [1.165, 1.54) is 0 Å². The Labute approximate surface area is 147 Å². The molecule has 6 heteroatoms. The SMILES string of the molecule is Cc1cc(C(=O)N2CCC(C(O)c3nccn3C)CC2)cc(C)c1F. The maximum Gasteiger partial charge on any atom is 0.253 e. The average Bonchev–Trinajstić information content (AvgIpc) is 3.04. The number of nitrogens with zero attached hydrogens (tertiary/aromatic N) is 3. The molecule has 1 aliphatic rings. The lowest BCUT2D eigenvalue weighted by Crippen LogP contribution is -2.40. The number of benzene rings is 1. The van der Waals surface area contributed by atoms with Gasteiger partial charge in [0.15, 0.2) is 0 Å². The molecular formula is C19H24FN3O2. The number of piperidine rings is 1. The van der Waals surface area contributed by atoms with E-state index >= 15 is 0 Å². The minimum Gasteiger partial charge on any atom is -0.385 e. The highest BCUT2D eigenvalue weighted by atomic mass is 19.1. The number of rotatable bonds is 3. The average molecular weight is 345 g/mol. The summed E-state index contributed by atoms with van der Waals surface area (Å²) < 4.78 is 15.6. The number of carbonyl (C=O) groups is 1. The van der Waals surface area contributed by atoms with E-state index in [0.29, 0.717) is 35.6 Å². The Bertz CT molecular complexity index is 756. The van der Waals surface area contributed by atoms with Crippen molar-refractivity contribution < 1.29 is 14.3 Å². The summed E-state index contributed by atoms with van der Waals surface area (Å²) in [5, 5.41) is 10.5. The van der Waals surface area contributed by atoms with E-state index in [9.17, 15) is 14.3 Å². The van der Waals surface area contributed by atoms with Crippen molar-refractivity contribution >= 4 is 5.91 Å². The van der Waals surface area contributed by atoms with Gasteiger partial charge in [0.05, 0.1) is 0 Å². The van der Waals surface area contributed by atoms with Crippen LogP contribution in [0.4, 0.5) is 4.39 Å². The van der Waals surface area contributed by atoms with Crippen molar-refractivity contribution in [2.45, 2.75) is 32.8 Å². The molecule has 0 radical (unpaired) electrons. The van der Waals surface area contributed by atoms with Gasteiger partial charge < -0.3 is 14.6 Å². The second-order valence-electron chi connectivity index (χ2n) is 6.89. The summed E-state index contributed by atoms with van der Waals surface area (Å²) >= 11 is 0. The molecule has 0 saturated carbocycles. The molecule has 1 fully saturated rings. The Hall–Kier alpha value is -2.21. The molecule has 2 heterocycles. The Kier molecular flexibility index (Phi) is 4.90. The van der Waals surface area contributed by atoms with Crippen molar-refractivity contribution in [1.29, 1.82) is 0 Å². The molecule has 1 N–H and O–H groups in total. The predicted octanol–water partition coefficient (Wildman–Crippen LogP) is 2.76. The smallest absolute Gasteiger partial charge is 0.253 e. The molecule has 1 unspecified atom stereocenters. The summed E-state index contributed by atoms with van der Waals surface area (Å²) in [7, 11) is 1.86. The number of halogens is 1. The molecule has 0 aliphatic carbocycles. The van der Waals surface area contributed by atoms with Gasteiger partial charge in [0.1, 0.15) is 17.7 Å². The molecular weight excluding hydrogens is 321 g/mol. The van der Waals surface area contributed by atoms with Crippen LogP contribution in [-0.4, -0.2) is 38.6 Å². The molecule has 1 atom stereocenters. The zero-order chi connectivity index (χ0) is 18.1. The molecule has 1 amide bonds. The van der Waals surface area contributed by atoms with E-state index in [1.54, 1.807) is 37.1 Å². The number of aliphatic hydroxyl groups is 1. The Balaban J connectivity index is 1.66. The molecule has 1 saturated heterocycles. The largest absolute Gasteiger partial charge is 0.385 e. The second-order valence-corrected chi connectivity index (χ2v) is 6.89. The predicted molar refractivity (Wildman–Crippen MR) is 92.7 cm³/mol. The first kappa shape index (κ1) is 17.6. The van der Waals surface area contributed by atoms with E-state index in [-0.39, 0.29) is 17.6 Å². The molecule has 134 valence electrons. The molecule has 0 spiro atoms. The lowest BCUT2D eigenvalue weighted by molar-refractivity contribution is 0.0420. The van der Waals surface area contributed by atoms with Gasteiger partial charge in [0.2, 0.25) is 0 Å². The van der Waals surface area contributed by atoms with Gasteiger partial charge in [-0.3, -0.25) is 4.79 Å². The molecule has 1 aromatic carbocycles. The van der Waals surface area contributed by atoms with Gasteiger partial charge in [-0.2, -0.15) is 0 Å². The van der Waals surface area contributed by atoms with E-state index in [2.05, 4.69) is 4.98 Å². The van der Waals surface area contributed by atoms with Gasteiger partial charge >= 0.3 is 0 Å². The number of likely N-dealkylation sites (tertiary alicyclic amines) is 1. The first-order valence-corrected chi connectivity index (χ1v) is 8.59. The number of amides is 1. The standard InChI is InChI=1S/C19H24FN3O2/c1-12-10-15(11-13(2)16(12)20)19(25)23-7-4-14(5-8-23)17(24)18-21-6-9-22(18)3/h6,9-11,14,17,24H,4-5,7-8H2,1-3H3. The van der Waals surface area contributed by atoms with Crippen molar-refractivity contribution in [1.82, 2.24) is 14.5 Å². The topological polar surface area (TPSA) is 58.4 Å². The van der Waals surface area contributed by atoms with Crippen LogP contribution in [0.25, 0.3) is 0 Å². The van der Waals surface area contributed by atoms with Crippen LogP contribution in [0.5, 0.6) is 0 Å². The summed E-state index contributed by atoms with van der Waals surface area (Å²) in [5.41, 5.74) is 1.51. The van der Waals surface area contributed by atoms with Crippen molar-refractivity contribution in [3.8, 4) is 0 Å². The molecule has 25 heavy (non-hydrogen) atoms. The molecule has 2 aromatic rings. The monoisotopic (exact) mass is 345 g/mol. The zero-order valence-corrected chi connectivity index (χ0v) is 14.9. The highest BCUT2D eigenvalue weighted by Gasteiger charge is 2.30. The van der Waals surface area contributed by atoms with Crippen LogP contribution in [0.1, 0.15) is 46.3 Å². The number of imidazole rings is 1. The first-order chi connectivity index (χ1) is 11.9. The fraction of sp³-hybridized carbons (Fsp3) is 0.474. The maximum atomic E-state index is 13.8. The van der Waals surface area contributed by atoms with E-state index < -0.39 is 6.10 Å². The summed E-state index contributed by atoms with van der Waals surface area (Å²) in [4.78, 5) is 18.7. The summed E-state index contributed by atoms with van der Waals surface area (Å²) in [5.74, 6) is 0.418. The van der Waals surface area contributed by atoms with Crippen molar-refractivity contribution in [2.24, 2.45) is 13.0 Å². The van der Waals surface area contributed by atoms with Crippen LogP contribution >= 0.6 is 0 Å². The highest BCUT2D eigenvalue weighted by Crippen LogP contribution is 2.30. The summed E-state index contributed by atoms with van der Waals surface area (Å²) in [6, 6.07) is 3.22. The van der Waals surface area contributed by atoms with Gasteiger partial charge in [-0.15, -0.1) is 0 Å². The quantitative estimate of drug-likeness (QED) is 0.931. The third-order valence-electron chi connectivity index (χ3n) is 5.08. The van der Waals surface area contributed by atoms with Gasteiger partial charge in [-0.05, 0) is 55.9 Å². The summed E-state index contributed by atoms with van der Waals surface area (Å²) in [6.45, 7) is 4.52. The molecule has 5 nitrogen and oxygen atoms in total. The van der Waals surface area contributed by atoms with Crippen LogP contribution in [0.15, 0.2) is 24.5 Å². The Morgan fingerprint density at radius 1 is 1.28 bits per heavy atom. The number of aryl methyl sites for hydroxylation is 3. The van der Waals surface area contributed by atoms with Crippen LogP contribution in [0.2, 0.25) is 0 Å². The van der Waals surface area contributed by atoms with Gasteiger partial charge in [-0.1, -0.05) is 0 Å². The zero-order valence-electron chi connectivity index (χ0n) is 14.9. The van der Waals surface area contributed by atoms with Gasteiger partial charge in [-0.25, -0.2) is 9.37 Å². The highest BCUT2D eigenvalue weighted by molar-refractivity contribution is 5.94. The van der Waals surface area contributed by atoms with Crippen molar-refractivity contribution in [2.75, 3.05) is 13.1 Å². The van der Waals surface area contributed by atoms with Crippen LogP contribution in [-0.2, 0) is 7.05 Å². The summed E-state index contributed by atoms with van der Waals surface area (Å²) in [6.07, 6.45) is 4.32. The van der Waals surface area contributed by atoms with E-state index in [0.717, 1.165) is 12.8 Å². The van der Waals surface area contributed by atoms with E-state index in [1.807, 2.05) is 17.8 Å². The van der Waals surface area contributed by atoms with Crippen molar-refractivity contribution in [3.63, 3.8) is 0 Å². The lowest BCUT2D eigenvalue weighted by atomic mass is 9.90. The van der Waals surface area contributed by atoms with Crippen LogP contribution in [0.3, 0.4) is 0 Å². The first-order valence-electron chi connectivity index (χ1n) is 8.59. The number of aromatic nitrogens is 2. The van der Waals surface area contributed by atoms with E-state index in [4.69, 9.17) is 0 Å². The Morgan fingerprint density at radius 3 is 2.40 bits per heavy atom. The van der Waals surface area contributed by atoms with Gasteiger partial charge in [0, 0.05) is 38.1 Å². The Morgan fingerprint density at radius 2 is 1.88 bits per heavy atom. The third-order valence-corrected chi connectivity index (χ3v) is 5.08. The minimum absolute atomic E-state index is 0.0730. The van der Waals surface area contributed by atoms with Gasteiger partial charge in [0.25, 0.3) is 5.91 Å². The number of hydrogen-bond acceptors (Lipinski definition) is 3. The molecule has 0 bridgehead atoms. The van der Waals surface area contributed by atoms with Crippen LogP contribution in [0, 0.1) is 25.6 Å². The minimum atomic E-state index is -0.618. The normalized spacial score (nSPS) is 16.9. The molecule has 3 rings (SSSR count). The fourth-order valence-electron chi connectivity index (χ4n) is 3.54. The fourth-order valence-corrected chi connectivity index (χ4v) is 3.54. The molecule has 1 aliphatic heterocycles. The number of aliphatic hydroxyl groups excluding tert-OH is 1. The lowest BCUT2D eigenvalue weighted by Gasteiger charge is -2.34. The van der Waals surface area contributed by atoms with Crippen LogP contribution < -0.4 is 0 Å². The van der Waals surface area contributed by atoms with Crippen molar-refractivity contribution in [3.05, 3.63) is 52.9 Å². The second kappa shape index (κ2) is 6.96.